The highest BCUT2D eigenvalue weighted by Crippen LogP contribution is 2.27. The lowest BCUT2D eigenvalue weighted by Gasteiger charge is -2.19. The number of thiophene rings is 2. The average Bonchev–Trinajstić information content (AvgIpc) is 3.51. The van der Waals surface area contributed by atoms with Crippen LogP contribution < -0.4 is 0 Å². The minimum Gasteiger partial charge on any atom is -0.438 e. The Bertz CT molecular complexity index is 941. The third-order valence-electron chi connectivity index (χ3n) is 5.03. The van der Waals surface area contributed by atoms with Gasteiger partial charge >= 0.3 is 0 Å². The molecule has 0 aliphatic carbocycles. The van der Waals surface area contributed by atoms with Crippen LogP contribution in [0.4, 0.5) is 0 Å². The van der Waals surface area contributed by atoms with Gasteiger partial charge in [0.05, 0.1) is 35.2 Å². The molecule has 0 radical (unpaired) electrons. The summed E-state index contributed by atoms with van der Waals surface area (Å²) in [5, 5.41) is 4.11. The van der Waals surface area contributed by atoms with E-state index < -0.39 is 0 Å². The highest BCUT2D eigenvalue weighted by atomic mass is 32.1. The highest BCUT2D eigenvalue weighted by Gasteiger charge is 2.19. The molecule has 0 atom stereocenters. The van der Waals surface area contributed by atoms with Crippen molar-refractivity contribution in [1.29, 1.82) is 0 Å². The van der Waals surface area contributed by atoms with E-state index in [0.717, 1.165) is 78.7 Å². The molecular weight excluding hydrogens is 404 g/mol. The van der Waals surface area contributed by atoms with E-state index in [9.17, 15) is 0 Å². The van der Waals surface area contributed by atoms with Gasteiger partial charge in [-0.05, 0) is 42.4 Å². The molecule has 8 heteroatoms. The first-order valence-corrected chi connectivity index (χ1v) is 11.5. The summed E-state index contributed by atoms with van der Waals surface area (Å²) in [6.45, 7) is 5.55. The summed E-state index contributed by atoms with van der Waals surface area (Å²) < 4.78 is 11.9. The Morgan fingerprint density at radius 2 is 1.28 bits per heavy atom. The zero-order chi connectivity index (χ0) is 19.5. The molecule has 1 saturated heterocycles. The molecule has 0 unspecified atom stereocenters. The Balaban J connectivity index is 1.16. The normalized spacial score (nSPS) is 16.3. The van der Waals surface area contributed by atoms with Gasteiger partial charge in [-0.3, -0.25) is 9.80 Å². The molecule has 0 bridgehead atoms. The van der Waals surface area contributed by atoms with Crippen LogP contribution in [0.1, 0.15) is 18.2 Å². The maximum atomic E-state index is 5.95. The Morgan fingerprint density at radius 3 is 1.72 bits per heavy atom. The van der Waals surface area contributed by atoms with Crippen LogP contribution in [0.3, 0.4) is 0 Å². The first kappa shape index (κ1) is 18.7. The van der Waals surface area contributed by atoms with E-state index >= 15 is 0 Å². The predicted molar refractivity (Wildman–Crippen MR) is 115 cm³/mol. The molecular formula is C21H22N4O2S2. The molecule has 1 aliphatic rings. The topological polar surface area (TPSA) is 58.5 Å². The smallest absolute Gasteiger partial charge is 0.209 e. The van der Waals surface area contributed by atoms with Gasteiger partial charge in [0, 0.05) is 13.1 Å². The van der Waals surface area contributed by atoms with Crippen LogP contribution in [0.25, 0.3) is 21.3 Å². The van der Waals surface area contributed by atoms with Crippen molar-refractivity contribution in [2.24, 2.45) is 0 Å². The van der Waals surface area contributed by atoms with Crippen LogP contribution in [-0.2, 0) is 13.1 Å². The SMILES string of the molecule is c1csc(-c2cnc(CN3CCCN(Cc4ncc(-c5cccs5)o4)CC3)o2)c1. The number of rotatable bonds is 6. The molecule has 0 saturated carbocycles. The first-order valence-electron chi connectivity index (χ1n) is 9.75. The van der Waals surface area contributed by atoms with Crippen LogP contribution in [0.2, 0.25) is 0 Å². The molecule has 6 nitrogen and oxygen atoms in total. The molecule has 0 spiro atoms. The zero-order valence-electron chi connectivity index (χ0n) is 16.0. The lowest BCUT2D eigenvalue weighted by molar-refractivity contribution is 0.222. The Hall–Kier alpha value is -2.26. The number of oxazole rings is 2. The van der Waals surface area contributed by atoms with Gasteiger partial charge in [0.15, 0.2) is 11.5 Å². The molecule has 0 aromatic carbocycles. The number of hydrogen-bond donors (Lipinski definition) is 0. The van der Waals surface area contributed by atoms with Gasteiger partial charge in [0.1, 0.15) is 0 Å². The van der Waals surface area contributed by atoms with Crippen molar-refractivity contribution in [1.82, 2.24) is 19.8 Å². The van der Waals surface area contributed by atoms with E-state index in [1.807, 2.05) is 24.5 Å². The molecule has 29 heavy (non-hydrogen) atoms. The van der Waals surface area contributed by atoms with Gasteiger partial charge in [-0.25, -0.2) is 9.97 Å². The standard InChI is InChI=1S/C21H22N4O2S2/c1-4-18(28-10-1)16-12-22-20(26-16)14-24-6-3-7-25(9-8-24)15-21-23-13-17(27-21)19-5-2-11-29-19/h1-2,4-5,10-13H,3,6-9,14-15H2. The lowest BCUT2D eigenvalue weighted by Crippen LogP contribution is -2.30. The summed E-state index contributed by atoms with van der Waals surface area (Å²) in [6, 6.07) is 8.18. The van der Waals surface area contributed by atoms with E-state index in [2.05, 4.69) is 42.7 Å². The van der Waals surface area contributed by atoms with Crippen molar-refractivity contribution in [3.8, 4) is 21.3 Å². The molecule has 0 N–H and O–H groups in total. The minimum absolute atomic E-state index is 0.751. The summed E-state index contributed by atoms with van der Waals surface area (Å²) in [4.78, 5) is 16.0. The molecule has 1 fully saturated rings. The molecule has 4 aromatic heterocycles. The van der Waals surface area contributed by atoms with E-state index in [4.69, 9.17) is 8.83 Å². The van der Waals surface area contributed by atoms with Gasteiger partial charge in [-0.2, -0.15) is 0 Å². The van der Waals surface area contributed by atoms with Crippen molar-refractivity contribution in [3.63, 3.8) is 0 Å². The first-order chi connectivity index (χ1) is 14.3. The second kappa shape index (κ2) is 8.62. The predicted octanol–water partition coefficient (Wildman–Crippen LogP) is 4.83. The molecule has 1 aliphatic heterocycles. The summed E-state index contributed by atoms with van der Waals surface area (Å²) >= 11 is 3.34. The zero-order valence-corrected chi connectivity index (χ0v) is 17.6. The molecule has 5 heterocycles. The Morgan fingerprint density at radius 1 is 0.759 bits per heavy atom. The van der Waals surface area contributed by atoms with Gasteiger partial charge in [-0.15, -0.1) is 22.7 Å². The van der Waals surface area contributed by atoms with E-state index in [1.165, 1.54) is 0 Å². The fourth-order valence-electron chi connectivity index (χ4n) is 3.56. The van der Waals surface area contributed by atoms with Gasteiger partial charge in [0.2, 0.25) is 11.8 Å². The van der Waals surface area contributed by atoms with Crippen molar-refractivity contribution in [2.45, 2.75) is 19.5 Å². The summed E-state index contributed by atoms with van der Waals surface area (Å²) in [5.74, 6) is 3.29. The second-order valence-corrected chi connectivity index (χ2v) is 8.99. The van der Waals surface area contributed by atoms with Crippen LogP contribution in [0.5, 0.6) is 0 Å². The highest BCUT2D eigenvalue weighted by molar-refractivity contribution is 7.13. The molecule has 0 amide bonds. The second-order valence-electron chi connectivity index (χ2n) is 7.10. The number of hydrogen-bond acceptors (Lipinski definition) is 8. The van der Waals surface area contributed by atoms with E-state index in [-0.39, 0.29) is 0 Å². The Kier molecular flexibility index (Phi) is 5.58. The quantitative estimate of drug-likeness (QED) is 0.440. The van der Waals surface area contributed by atoms with Gasteiger partial charge in [-0.1, -0.05) is 12.1 Å². The fourth-order valence-corrected chi connectivity index (χ4v) is 4.90. The summed E-state index contributed by atoms with van der Waals surface area (Å²) in [7, 11) is 0. The number of nitrogens with zero attached hydrogens (tertiary/aromatic N) is 4. The molecule has 150 valence electrons. The van der Waals surface area contributed by atoms with E-state index in [1.54, 1.807) is 22.7 Å². The van der Waals surface area contributed by atoms with Crippen molar-refractivity contribution in [2.75, 3.05) is 26.2 Å². The summed E-state index contributed by atoms with van der Waals surface area (Å²) in [6.07, 6.45) is 4.77. The van der Waals surface area contributed by atoms with Crippen molar-refractivity contribution < 1.29 is 8.83 Å². The van der Waals surface area contributed by atoms with Gasteiger partial charge < -0.3 is 8.83 Å². The molecule has 5 rings (SSSR count). The van der Waals surface area contributed by atoms with Crippen molar-refractivity contribution in [3.05, 3.63) is 59.2 Å². The van der Waals surface area contributed by atoms with Crippen molar-refractivity contribution >= 4 is 22.7 Å². The minimum atomic E-state index is 0.751. The molecule has 4 aromatic rings. The average molecular weight is 427 g/mol. The van der Waals surface area contributed by atoms with Crippen LogP contribution >= 0.6 is 22.7 Å². The summed E-state index contributed by atoms with van der Waals surface area (Å²) in [5.41, 5.74) is 0. The maximum absolute atomic E-state index is 5.95. The maximum Gasteiger partial charge on any atom is 0.209 e. The largest absolute Gasteiger partial charge is 0.438 e. The Labute approximate surface area is 177 Å². The van der Waals surface area contributed by atoms with Crippen LogP contribution in [0.15, 0.2) is 56.3 Å². The number of aromatic nitrogens is 2. The third-order valence-corrected chi connectivity index (χ3v) is 6.80. The monoisotopic (exact) mass is 426 g/mol. The van der Waals surface area contributed by atoms with Gasteiger partial charge in [0.25, 0.3) is 0 Å². The van der Waals surface area contributed by atoms with E-state index in [0.29, 0.717) is 0 Å². The fraction of sp³-hybridized carbons (Fsp3) is 0.333. The van der Waals surface area contributed by atoms with Crippen LogP contribution in [-0.4, -0.2) is 45.9 Å². The van der Waals surface area contributed by atoms with Crippen LogP contribution in [0, 0.1) is 0 Å². The lowest BCUT2D eigenvalue weighted by atomic mass is 10.4. The third kappa shape index (κ3) is 4.51.